The highest BCUT2D eigenvalue weighted by molar-refractivity contribution is 5.76. The van der Waals surface area contributed by atoms with Crippen molar-refractivity contribution in [1.29, 1.82) is 0 Å². The van der Waals surface area contributed by atoms with Crippen LogP contribution < -0.4 is 10.1 Å². The summed E-state index contributed by atoms with van der Waals surface area (Å²) in [6.45, 7) is 2.57. The first-order valence-corrected chi connectivity index (χ1v) is 6.31. The molecule has 0 bridgehead atoms. The molecule has 0 radical (unpaired) electrons. The van der Waals surface area contributed by atoms with E-state index in [1.54, 1.807) is 33.2 Å². The highest BCUT2D eigenvalue weighted by Crippen LogP contribution is 2.30. The zero-order valence-corrected chi connectivity index (χ0v) is 11.9. The molecule has 0 aliphatic rings. The van der Waals surface area contributed by atoms with Crippen LogP contribution in [0.3, 0.4) is 0 Å². The summed E-state index contributed by atoms with van der Waals surface area (Å²) in [4.78, 5) is 23.3. The molecule has 0 unspecified atom stereocenters. The van der Waals surface area contributed by atoms with Gasteiger partial charge in [0.1, 0.15) is 0 Å². The summed E-state index contributed by atoms with van der Waals surface area (Å²) in [6, 6.07) is 4.56. The molecular weight excluding hydrogens is 262 g/mol. The molecule has 0 fully saturated rings. The van der Waals surface area contributed by atoms with Gasteiger partial charge in [-0.1, -0.05) is 0 Å². The summed E-state index contributed by atoms with van der Waals surface area (Å²) in [5.41, 5.74) is 0.618. The Balaban J connectivity index is 2.70. The third-order valence-corrected chi connectivity index (χ3v) is 2.62. The maximum atomic E-state index is 11.4. The highest BCUT2D eigenvalue weighted by Gasteiger charge is 2.15. The summed E-state index contributed by atoms with van der Waals surface area (Å²) in [5.74, 6) is 0.242. The van der Waals surface area contributed by atoms with Crippen LogP contribution in [0.2, 0.25) is 0 Å². The number of hydrogen-bond donors (Lipinski definition) is 1. The lowest BCUT2D eigenvalue weighted by molar-refractivity contribution is -0.385. The number of nitro benzene ring substituents is 1. The van der Waals surface area contributed by atoms with E-state index in [4.69, 9.17) is 4.74 Å². The number of carbonyl (C=O) groups excluding carboxylic acids is 1. The second-order valence-electron chi connectivity index (χ2n) is 4.34. The van der Waals surface area contributed by atoms with E-state index in [9.17, 15) is 14.9 Å². The van der Waals surface area contributed by atoms with Gasteiger partial charge in [-0.05, 0) is 13.0 Å². The van der Waals surface area contributed by atoms with Crippen LogP contribution in [0.25, 0.3) is 0 Å². The normalized spacial score (nSPS) is 9.95. The Kier molecular flexibility index (Phi) is 5.76. The minimum atomic E-state index is -0.482. The predicted octanol–water partition coefficient (Wildman–Crippen LogP) is 1.88. The molecule has 1 rings (SSSR count). The van der Waals surface area contributed by atoms with Crippen molar-refractivity contribution >= 4 is 17.3 Å². The number of anilines is 1. The lowest BCUT2D eigenvalue weighted by Gasteiger charge is -2.12. The SMILES string of the molecule is CCOc1cc(NCCC(=O)N(C)C)ccc1[N+](=O)[O-]. The van der Waals surface area contributed by atoms with Crippen molar-refractivity contribution in [3.05, 3.63) is 28.3 Å². The largest absolute Gasteiger partial charge is 0.487 e. The number of benzene rings is 1. The number of rotatable bonds is 7. The van der Waals surface area contributed by atoms with E-state index < -0.39 is 4.92 Å². The van der Waals surface area contributed by atoms with Crippen molar-refractivity contribution in [2.75, 3.05) is 32.6 Å². The zero-order valence-electron chi connectivity index (χ0n) is 11.9. The van der Waals surface area contributed by atoms with Gasteiger partial charge in [0.05, 0.1) is 11.5 Å². The fraction of sp³-hybridized carbons (Fsp3) is 0.462. The summed E-state index contributed by atoms with van der Waals surface area (Å²) in [5, 5.41) is 13.9. The van der Waals surface area contributed by atoms with Crippen LogP contribution in [0, 0.1) is 10.1 Å². The number of nitro groups is 1. The van der Waals surface area contributed by atoms with Crippen molar-refractivity contribution in [1.82, 2.24) is 4.90 Å². The zero-order chi connectivity index (χ0) is 15.1. The predicted molar refractivity (Wildman–Crippen MR) is 76.1 cm³/mol. The molecule has 7 heteroatoms. The van der Waals surface area contributed by atoms with Gasteiger partial charge >= 0.3 is 5.69 Å². The van der Waals surface area contributed by atoms with Crippen molar-refractivity contribution in [3.63, 3.8) is 0 Å². The Morgan fingerprint density at radius 3 is 2.70 bits per heavy atom. The second-order valence-corrected chi connectivity index (χ2v) is 4.34. The summed E-state index contributed by atoms with van der Waals surface area (Å²) in [6.07, 6.45) is 0.355. The van der Waals surface area contributed by atoms with E-state index in [0.29, 0.717) is 25.3 Å². The lowest BCUT2D eigenvalue weighted by Crippen LogP contribution is -2.23. The number of hydrogen-bond acceptors (Lipinski definition) is 5. The van der Waals surface area contributed by atoms with Crippen LogP contribution in [-0.4, -0.2) is 43.0 Å². The maximum absolute atomic E-state index is 11.4. The first kappa shape index (κ1) is 15.7. The number of carbonyl (C=O) groups is 1. The molecule has 0 aromatic heterocycles. The van der Waals surface area contributed by atoms with E-state index in [1.807, 2.05) is 0 Å². The fourth-order valence-electron chi connectivity index (χ4n) is 1.58. The maximum Gasteiger partial charge on any atom is 0.311 e. The standard InChI is InChI=1S/C13H19N3O4/c1-4-20-12-9-10(5-6-11(12)16(18)19)14-8-7-13(17)15(2)3/h5-6,9,14H,4,7-8H2,1-3H3. The first-order chi connectivity index (χ1) is 9.45. The average molecular weight is 281 g/mol. The molecule has 110 valence electrons. The van der Waals surface area contributed by atoms with Gasteiger partial charge in [0.2, 0.25) is 5.91 Å². The van der Waals surface area contributed by atoms with Crippen LogP contribution in [0.5, 0.6) is 5.75 Å². The van der Waals surface area contributed by atoms with Gasteiger partial charge in [0.25, 0.3) is 0 Å². The topological polar surface area (TPSA) is 84.7 Å². The average Bonchev–Trinajstić information content (AvgIpc) is 2.38. The van der Waals surface area contributed by atoms with E-state index in [-0.39, 0.29) is 17.3 Å². The van der Waals surface area contributed by atoms with Crippen LogP contribution in [0.1, 0.15) is 13.3 Å². The molecule has 20 heavy (non-hydrogen) atoms. The Labute approximate surface area is 117 Å². The number of ether oxygens (including phenoxy) is 1. The molecule has 0 saturated heterocycles. The van der Waals surface area contributed by atoms with Crippen LogP contribution >= 0.6 is 0 Å². The molecule has 0 heterocycles. The first-order valence-electron chi connectivity index (χ1n) is 6.31. The van der Waals surface area contributed by atoms with Crippen LogP contribution in [0.4, 0.5) is 11.4 Å². The smallest absolute Gasteiger partial charge is 0.311 e. The van der Waals surface area contributed by atoms with E-state index >= 15 is 0 Å². The van der Waals surface area contributed by atoms with Gasteiger partial charge in [-0.15, -0.1) is 0 Å². The van der Waals surface area contributed by atoms with Crippen molar-refractivity contribution < 1.29 is 14.5 Å². The Morgan fingerprint density at radius 2 is 2.15 bits per heavy atom. The van der Waals surface area contributed by atoms with Crippen molar-refractivity contribution in [2.45, 2.75) is 13.3 Å². The molecule has 0 aliphatic heterocycles. The molecule has 7 nitrogen and oxygen atoms in total. The fourth-order valence-corrected chi connectivity index (χ4v) is 1.58. The van der Waals surface area contributed by atoms with E-state index in [0.717, 1.165) is 0 Å². The summed E-state index contributed by atoms with van der Waals surface area (Å²) < 4.78 is 5.25. The van der Waals surface area contributed by atoms with Gasteiger partial charge in [-0.3, -0.25) is 14.9 Å². The summed E-state index contributed by atoms with van der Waals surface area (Å²) in [7, 11) is 3.39. The number of amides is 1. The molecule has 1 N–H and O–H groups in total. The molecule has 0 saturated carbocycles. The van der Waals surface area contributed by atoms with Crippen LogP contribution in [-0.2, 0) is 4.79 Å². The minimum Gasteiger partial charge on any atom is -0.487 e. The molecule has 0 spiro atoms. The Bertz CT molecular complexity index is 489. The minimum absolute atomic E-state index is 0.0180. The Morgan fingerprint density at radius 1 is 1.45 bits per heavy atom. The lowest BCUT2D eigenvalue weighted by atomic mass is 10.2. The molecule has 1 aromatic rings. The molecule has 0 atom stereocenters. The quantitative estimate of drug-likeness (QED) is 0.609. The number of nitrogens with zero attached hydrogens (tertiary/aromatic N) is 2. The third-order valence-electron chi connectivity index (χ3n) is 2.62. The molecule has 0 aliphatic carbocycles. The van der Waals surface area contributed by atoms with Gasteiger partial charge in [0, 0.05) is 44.9 Å². The number of nitrogens with one attached hydrogen (secondary N) is 1. The van der Waals surface area contributed by atoms with E-state index in [2.05, 4.69) is 5.32 Å². The van der Waals surface area contributed by atoms with E-state index in [1.165, 1.54) is 11.0 Å². The monoisotopic (exact) mass is 281 g/mol. The van der Waals surface area contributed by atoms with Gasteiger partial charge in [-0.25, -0.2) is 0 Å². The highest BCUT2D eigenvalue weighted by atomic mass is 16.6. The van der Waals surface area contributed by atoms with Gasteiger partial charge < -0.3 is 15.0 Å². The van der Waals surface area contributed by atoms with Crippen molar-refractivity contribution in [2.24, 2.45) is 0 Å². The third kappa shape index (κ3) is 4.42. The second kappa shape index (κ2) is 7.32. The molecule has 1 aromatic carbocycles. The summed E-state index contributed by atoms with van der Waals surface area (Å²) >= 11 is 0. The van der Waals surface area contributed by atoms with Gasteiger partial charge in [-0.2, -0.15) is 0 Å². The van der Waals surface area contributed by atoms with Crippen LogP contribution in [0.15, 0.2) is 18.2 Å². The van der Waals surface area contributed by atoms with Crippen molar-refractivity contribution in [3.8, 4) is 5.75 Å². The van der Waals surface area contributed by atoms with Gasteiger partial charge in [0.15, 0.2) is 5.75 Å². The Hall–Kier alpha value is -2.31. The molecular formula is C13H19N3O4. The molecule has 1 amide bonds.